The Kier molecular flexibility index (Phi) is 5.08. The predicted molar refractivity (Wildman–Crippen MR) is 77.8 cm³/mol. The SMILES string of the molecule is Cc1cc(C)cc(CC(O)CSC(C)(C)C)c1. The standard InChI is InChI=1S/C15H24OS/c1-11-6-12(2)8-13(7-11)9-14(16)10-17-15(3,4)5/h6-8,14,16H,9-10H2,1-5H3. The molecule has 96 valence electrons. The lowest BCUT2D eigenvalue weighted by molar-refractivity contribution is 0.200. The first-order valence-electron chi connectivity index (χ1n) is 6.15. The average molecular weight is 252 g/mol. The van der Waals surface area contributed by atoms with E-state index in [4.69, 9.17) is 0 Å². The summed E-state index contributed by atoms with van der Waals surface area (Å²) in [5, 5.41) is 10.0. The van der Waals surface area contributed by atoms with E-state index in [1.807, 2.05) is 11.8 Å². The molecule has 1 aromatic rings. The molecule has 0 saturated carbocycles. The third kappa shape index (κ3) is 6.13. The minimum absolute atomic E-state index is 0.226. The van der Waals surface area contributed by atoms with Crippen molar-refractivity contribution in [3.8, 4) is 0 Å². The van der Waals surface area contributed by atoms with E-state index in [-0.39, 0.29) is 10.9 Å². The Bertz CT molecular complexity index is 345. The fraction of sp³-hybridized carbons (Fsp3) is 0.600. The molecule has 1 unspecified atom stereocenters. The zero-order chi connectivity index (χ0) is 13.1. The van der Waals surface area contributed by atoms with Crippen molar-refractivity contribution >= 4 is 11.8 Å². The van der Waals surface area contributed by atoms with Gasteiger partial charge in [-0.3, -0.25) is 0 Å². The molecule has 0 bridgehead atoms. The molecule has 2 heteroatoms. The second kappa shape index (κ2) is 5.92. The molecular formula is C15H24OS. The zero-order valence-corrected chi connectivity index (χ0v) is 12.4. The fourth-order valence-electron chi connectivity index (χ4n) is 1.86. The molecule has 1 nitrogen and oxygen atoms in total. The normalized spacial score (nSPS) is 13.8. The van der Waals surface area contributed by atoms with Crippen LogP contribution in [-0.4, -0.2) is 21.7 Å². The average Bonchev–Trinajstić information content (AvgIpc) is 2.11. The minimum atomic E-state index is -0.250. The smallest absolute Gasteiger partial charge is 0.0671 e. The second-order valence-corrected chi connectivity index (χ2v) is 7.62. The Balaban J connectivity index is 2.53. The Labute approximate surface area is 110 Å². The Morgan fingerprint density at radius 2 is 1.65 bits per heavy atom. The predicted octanol–water partition coefficient (Wildman–Crippen LogP) is 3.74. The summed E-state index contributed by atoms with van der Waals surface area (Å²) < 4.78 is 0.226. The van der Waals surface area contributed by atoms with Crippen molar-refractivity contribution in [3.05, 3.63) is 34.9 Å². The number of benzene rings is 1. The molecule has 0 aliphatic heterocycles. The van der Waals surface area contributed by atoms with E-state index >= 15 is 0 Å². The quantitative estimate of drug-likeness (QED) is 0.881. The molecule has 0 aromatic heterocycles. The lowest BCUT2D eigenvalue weighted by Gasteiger charge is -2.20. The molecule has 0 saturated heterocycles. The molecule has 0 fully saturated rings. The van der Waals surface area contributed by atoms with Gasteiger partial charge in [0.2, 0.25) is 0 Å². The number of hydrogen-bond acceptors (Lipinski definition) is 2. The molecule has 0 aliphatic rings. The highest BCUT2D eigenvalue weighted by atomic mass is 32.2. The van der Waals surface area contributed by atoms with Gasteiger partial charge in [-0.1, -0.05) is 50.1 Å². The molecule has 1 rings (SSSR count). The van der Waals surface area contributed by atoms with Crippen molar-refractivity contribution in [1.29, 1.82) is 0 Å². The molecular weight excluding hydrogens is 228 g/mol. The summed E-state index contributed by atoms with van der Waals surface area (Å²) >= 11 is 1.82. The maximum atomic E-state index is 10.0. The van der Waals surface area contributed by atoms with Gasteiger partial charge in [-0.25, -0.2) is 0 Å². The highest BCUT2D eigenvalue weighted by molar-refractivity contribution is 8.00. The molecule has 0 spiro atoms. The van der Waals surface area contributed by atoms with E-state index in [1.54, 1.807) is 0 Å². The largest absolute Gasteiger partial charge is 0.392 e. The first-order valence-corrected chi connectivity index (χ1v) is 7.14. The topological polar surface area (TPSA) is 20.2 Å². The van der Waals surface area contributed by atoms with Crippen LogP contribution in [-0.2, 0) is 6.42 Å². The van der Waals surface area contributed by atoms with Gasteiger partial charge in [-0.05, 0) is 25.8 Å². The van der Waals surface area contributed by atoms with Gasteiger partial charge in [0, 0.05) is 10.5 Å². The number of aryl methyl sites for hydroxylation is 2. The van der Waals surface area contributed by atoms with Crippen molar-refractivity contribution in [3.63, 3.8) is 0 Å². The number of rotatable bonds is 4. The van der Waals surface area contributed by atoms with Crippen LogP contribution in [0.25, 0.3) is 0 Å². The summed E-state index contributed by atoms with van der Waals surface area (Å²) in [5.41, 5.74) is 3.79. The van der Waals surface area contributed by atoms with Crippen LogP contribution in [0.2, 0.25) is 0 Å². The molecule has 0 radical (unpaired) electrons. The molecule has 1 aromatic carbocycles. The van der Waals surface area contributed by atoms with Crippen LogP contribution < -0.4 is 0 Å². The highest BCUT2D eigenvalue weighted by Crippen LogP contribution is 2.24. The first kappa shape index (κ1) is 14.6. The third-order valence-corrected chi connectivity index (χ3v) is 3.88. The van der Waals surface area contributed by atoms with Crippen molar-refractivity contribution < 1.29 is 5.11 Å². The van der Waals surface area contributed by atoms with Crippen molar-refractivity contribution in [2.75, 3.05) is 5.75 Å². The van der Waals surface area contributed by atoms with Crippen LogP contribution in [0.4, 0.5) is 0 Å². The van der Waals surface area contributed by atoms with E-state index in [1.165, 1.54) is 16.7 Å². The summed E-state index contributed by atoms with van der Waals surface area (Å²) in [4.78, 5) is 0. The summed E-state index contributed by atoms with van der Waals surface area (Å²) in [7, 11) is 0. The minimum Gasteiger partial charge on any atom is -0.392 e. The Hall–Kier alpha value is -0.470. The van der Waals surface area contributed by atoms with Gasteiger partial charge in [0.25, 0.3) is 0 Å². The van der Waals surface area contributed by atoms with Gasteiger partial charge in [-0.15, -0.1) is 0 Å². The summed E-state index contributed by atoms with van der Waals surface area (Å²) in [6.45, 7) is 10.8. The second-order valence-electron chi connectivity index (χ2n) is 5.78. The van der Waals surface area contributed by atoms with Gasteiger partial charge in [-0.2, -0.15) is 11.8 Å². The number of aliphatic hydroxyl groups excluding tert-OH is 1. The lowest BCUT2D eigenvalue weighted by Crippen LogP contribution is -2.19. The van der Waals surface area contributed by atoms with Crippen LogP contribution in [0.5, 0.6) is 0 Å². The van der Waals surface area contributed by atoms with E-state index in [0.717, 1.165) is 12.2 Å². The van der Waals surface area contributed by atoms with E-state index in [2.05, 4.69) is 52.8 Å². The maximum Gasteiger partial charge on any atom is 0.0671 e. The van der Waals surface area contributed by atoms with Gasteiger partial charge < -0.3 is 5.11 Å². The molecule has 0 amide bonds. The lowest BCUT2D eigenvalue weighted by atomic mass is 10.0. The monoisotopic (exact) mass is 252 g/mol. The van der Waals surface area contributed by atoms with Gasteiger partial charge >= 0.3 is 0 Å². The van der Waals surface area contributed by atoms with E-state index in [9.17, 15) is 5.11 Å². The molecule has 1 N–H and O–H groups in total. The third-order valence-electron chi connectivity index (χ3n) is 2.46. The molecule has 1 atom stereocenters. The van der Waals surface area contributed by atoms with Crippen LogP contribution in [0, 0.1) is 13.8 Å². The molecule has 17 heavy (non-hydrogen) atoms. The van der Waals surface area contributed by atoms with Crippen molar-refractivity contribution in [2.24, 2.45) is 0 Å². The first-order chi connectivity index (χ1) is 7.76. The van der Waals surface area contributed by atoms with Crippen LogP contribution >= 0.6 is 11.8 Å². The fourth-order valence-corrected chi connectivity index (χ4v) is 2.67. The number of thioether (sulfide) groups is 1. The van der Waals surface area contributed by atoms with E-state index in [0.29, 0.717) is 0 Å². The van der Waals surface area contributed by atoms with E-state index < -0.39 is 0 Å². The van der Waals surface area contributed by atoms with Crippen LogP contribution in [0.1, 0.15) is 37.5 Å². The Morgan fingerprint density at radius 1 is 1.12 bits per heavy atom. The molecule has 0 heterocycles. The highest BCUT2D eigenvalue weighted by Gasteiger charge is 2.14. The molecule has 0 aliphatic carbocycles. The van der Waals surface area contributed by atoms with Gasteiger partial charge in [0.05, 0.1) is 6.10 Å². The maximum absolute atomic E-state index is 10.0. The van der Waals surface area contributed by atoms with Crippen molar-refractivity contribution in [1.82, 2.24) is 0 Å². The summed E-state index contributed by atoms with van der Waals surface area (Å²) in [6.07, 6.45) is 0.506. The van der Waals surface area contributed by atoms with Crippen molar-refractivity contribution in [2.45, 2.75) is 51.9 Å². The summed E-state index contributed by atoms with van der Waals surface area (Å²) in [6, 6.07) is 6.50. The number of hydrogen-bond donors (Lipinski definition) is 1. The zero-order valence-electron chi connectivity index (χ0n) is 11.6. The Morgan fingerprint density at radius 3 is 2.12 bits per heavy atom. The van der Waals surface area contributed by atoms with Gasteiger partial charge in [0.1, 0.15) is 0 Å². The van der Waals surface area contributed by atoms with Gasteiger partial charge in [0.15, 0.2) is 0 Å². The van der Waals surface area contributed by atoms with Crippen LogP contribution in [0.15, 0.2) is 18.2 Å². The number of aliphatic hydroxyl groups is 1. The van der Waals surface area contributed by atoms with Crippen LogP contribution in [0.3, 0.4) is 0 Å². The summed E-state index contributed by atoms with van der Waals surface area (Å²) in [5.74, 6) is 0.802.